The zero-order valence-corrected chi connectivity index (χ0v) is 14.4. The molecular formula is C16H31N3O3. The minimum absolute atomic E-state index is 0.0968. The molecule has 22 heavy (non-hydrogen) atoms. The minimum Gasteiger partial charge on any atom is -0.353 e. The molecule has 0 aromatic rings. The van der Waals surface area contributed by atoms with Crippen molar-refractivity contribution in [3.05, 3.63) is 0 Å². The molecule has 0 spiro atoms. The molecule has 2 N–H and O–H groups in total. The molecule has 0 aromatic carbocycles. The van der Waals surface area contributed by atoms with Crippen LogP contribution in [0, 0.1) is 5.92 Å². The number of hydrogen-bond donors (Lipinski definition) is 2. The molecule has 1 aliphatic carbocycles. The van der Waals surface area contributed by atoms with Gasteiger partial charge in [0.25, 0.3) is 0 Å². The molecule has 2 rings (SSSR count). The number of nitrogens with one attached hydrogen (secondary N) is 2. The van der Waals surface area contributed by atoms with Crippen LogP contribution in [0.1, 0.15) is 39.0 Å². The molecule has 0 unspecified atom stereocenters. The number of fused-ring (bicyclic) bond motifs is 1. The third kappa shape index (κ3) is 3.73. The van der Waals surface area contributed by atoms with E-state index in [1.807, 2.05) is 0 Å². The summed E-state index contributed by atoms with van der Waals surface area (Å²) in [6, 6.07) is 0.679. The van der Waals surface area contributed by atoms with Gasteiger partial charge in [0.15, 0.2) is 5.79 Å². The maximum absolute atomic E-state index is 11.7. The highest BCUT2D eigenvalue weighted by Gasteiger charge is 2.46. The Labute approximate surface area is 133 Å². The van der Waals surface area contributed by atoms with Crippen molar-refractivity contribution in [2.45, 2.75) is 56.9 Å². The number of hydrogen-bond acceptors (Lipinski definition) is 4. The number of likely N-dealkylation sites (tertiary alicyclic amines) is 1. The number of piperidine rings is 1. The normalized spacial score (nSPS) is 31.4. The van der Waals surface area contributed by atoms with Gasteiger partial charge in [-0.2, -0.15) is 0 Å². The second-order valence-electron chi connectivity index (χ2n) is 6.54. The Morgan fingerprint density at radius 2 is 2.09 bits per heavy atom. The minimum atomic E-state index is -0.450. The van der Waals surface area contributed by atoms with Gasteiger partial charge in [-0.25, -0.2) is 4.79 Å². The highest BCUT2D eigenvalue weighted by molar-refractivity contribution is 5.73. The van der Waals surface area contributed by atoms with Crippen molar-refractivity contribution in [3.63, 3.8) is 0 Å². The molecule has 2 amide bonds. The Kier molecular flexibility index (Phi) is 6.06. The molecule has 0 aromatic heterocycles. The van der Waals surface area contributed by atoms with E-state index in [0.29, 0.717) is 12.0 Å². The van der Waals surface area contributed by atoms with Gasteiger partial charge in [-0.3, -0.25) is 4.90 Å². The second-order valence-corrected chi connectivity index (χ2v) is 6.54. The van der Waals surface area contributed by atoms with Crippen LogP contribution in [0.4, 0.5) is 4.79 Å². The maximum Gasteiger partial charge on any atom is 0.314 e. The summed E-state index contributed by atoms with van der Waals surface area (Å²) in [5.74, 6) is 0.0460. The molecule has 6 nitrogen and oxygen atoms in total. The first-order valence-electron chi connectivity index (χ1n) is 8.40. The summed E-state index contributed by atoms with van der Waals surface area (Å²) >= 11 is 0. The van der Waals surface area contributed by atoms with Gasteiger partial charge in [0.2, 0.25) is 0 Å². The van der Waals surface area contributed by atoms with Crippen molar-refractivity contribution >= 4 is 6.03 Å². The molecule has 1 heterocycles. The van der Waals surface area contributed by atoms with Crippen LogP contribution < -0.4 is 10.6 Å². The lowest BCUT2D eigenvalue weighted by Crippen LogP contribution is -2.60. The first-order chi connectivity index (χ1) is 10.6. The number of carbonyl (C=O) groups is 1. The lowest BCUT2D eigenvalue weighted by Gasteiger charge is -2.51. The SMILES string of the molecule is CCCN1C[C@@H](NC(=O)NC)C[C@@H]2CC(OC)(OC)CC[C@H]21. The second kappa shape index (κ2) is 7.62. The van der Waals surface area contributed by atoms with Crippen LogP contribution in [0.3, 0.4) is 0 Å². The van der Waals surface area contributed by atoms with Crippen molar-refractivity contribution < 1.29 is 14.3 Å². The summed E-state index contributed by atoms with van der Waals surface area (Å²) in [5.41, 5.74) is 0. The van der Waals surface area contributed by atoms with Crippen LogP contribution in [-0.4, -0.2) is 63.2 Å². The average molecular weight is 313 g/mol. The topological polar surface area (TPSA) is 62.8 Å². The summed E-state index contributed by atoms with van der Waals surface area (Å²) in [7, 11) is 5.12. The van der Waals surface area contributed by atoms with E-state index in [0.717, 1.165) is 45.2 Å². The maximum atomic E-state index is 11.7. The molecule has 1 saturated heterocycles. The highest BCUT2D eigenvalue weighted by atomic mass is 16.7. The summed E-state index contributed by atoms with van der Waals surface area (Å²) in [6.45, 7) is 4.23. The fourth-order valence-electron chi connectivity index (χ4n) is 4.18. The molecule has 0 bridgehead atoms. The van der Waals surface area contributed by atoms with Crippen LogP contribution >= 0.6 is 0 Å². The van der Waals surface area contributed by atoms with Crippen LogP contribution in [0.2, 0.25) is 0 Å². The zero-order chi connectivity index (χ0) is 16.2. The fourth-order valence-corrected chi connectivity index (χ4v) is 4.18. The van der Waals surface area contributed by atoms with E-state index in [2.05, 4.69) is 22.5 Å². The molecule has 1 saturated carbocycles. The monoisotopic (exact) mass is 313 g/mol. The molecule has 1 aliphatic heterocycles. The van der Waals surface area contributed by atoms with Crippen LogP contribution in [0.25, 0.3) is 0 Å². The number of amides is 2. The number of methoxy groups -OCH3 is 2. The Morgan fingerprint density at radius 1 is 1.36 bits per heavy atom. The van der Waals surface area contributed by atoms with Gasteiger partial charge in [-0.1, -0.05) is 6.92 Å². The molecule has 128 valence electrons. The van der Waals surface area contributed by atoms with Crippen molar-refractivity contribution in [1.82, 2.24) is 15.5 Å². The Bertz CT molecular complexity index is 374. The lowest BCUT2D eigenvalue weighted by atomic mass is 9.74. The lowest BCUT2D eigenvalue weighted by molar-refractivity contribution is -0.242. The van der Waals surface area contributed by atoms with Gasteiger partial charge >= 0.3 is 6.03 Å². The van der Waals surface area contributed by atoms with E-state index in [4.69, 9.17) is 9.47 Å². The molecular weight excluding hydrogens is 282 g/mol. The summed E-state index contributed by atoms with van der Waals surface area (Å²) in [6.07, 6.45) is 5.06. The van der Waals surface area contributed by atoms with E-state index < -0.39 is 5.79 Å². The van der Waals surface area contributed by atoms with Crippen molar-refractivity contribution in [3.8, 4) is 0 Å². The first kappa shape index (κ1) is 17.5. The average Bonchev–Trinajstić information content (AvgIpc) is 2.54. The standard InChI is InChI=1S/C16H31N3O3/c1-5-8-19-11-13(18-15(20)17-2)9-12-10-16(21-3,22-4)7-6-14(12)19/h12-14H,5-11H2,1-4H3,(H2,17,18,20)/t12-,13+,14-/m1/s1. The smallest absolute Gasteiger partial charge is 0.314 e. The van der Waals surface area contributed by atoms with Crippen molar-refractivity contribution in [2.75, 3.05) is 34.4 Å². The van der Waals surface area contributed by atoms with Gasteiger partial charge in [0, 0.05) is 52.7 Å². The van der Waals surface area contributed by atoms with Gasteiger partial charge < -0.3 is 20.1 Å². The molecule has 3 atom stereocenters. The molecule has 6 heteroatoms. The number of ether oxygens (including phenoxy) is 2. The van der Waals surface area contributed by atoms with Crippen LogP contribution in [0.15, 0.2) is 0 Å². The Morgan fingerprint density at radius 3 is 2.68 bits per heavy atom. The fraction of sp³-hybridized carbons (Fsp3) is 0.938. The summed E-state index contributed by atoms with van der Waals surface area (Å²) in [4.78, 5) is 14.2. The van der Waals surface area contributed by atoms with E-state index in [1.165, 1.54) is 0 Å². The Balaban J connectivity index is 2.09. The molecule has 2 aliphatic rings. The van der Waals surface area contributed by atoms with Gasteiger partial charge in [-0.15, -0.1) is 0 Å². The van der Waals surface area contributed by atoms with E-state index in [1.54, 1.807) is 21.3 Å². The summed E-state index contributed by atoms with van der Waals surface area (Å²) in [5, 5.41) is 5.73. The Hall–Kier alpha value is -0.850. The van der Waals surface area contributed by atoms with Gasteiger partial charge in [-0.05, 0) is 31.7 Å². The van der Waals surface area contributed by atoms with Crippen LogP contribution in [-0.2, 0) is 9.47 Å². The zero-order valence-electron chi connectivity index (χ0n) is 14.4. The van der Waals surface area contributed by atoms with Crippen LogP contribution in [0.5, 0.6) is 0 Å². The third-order valence-electron chi connectivity index (χ3n) is 5.27. The predicted octanol–water partition coefficient (Wildman–Crippen LogP) is 1.56. The number of urea groups is 1. The van der Waals surface area contributed by atoms with Gasteiger partial charge in [0.1, 0.15) is 0 Å². The van der Waals surface area contributed by atoms with Gasteiger partial charge in [0.05, 0.1) is 0 Å². The van der Waals surface area contributed by atoms with E-state index >= 15 is 0 Å². The van der Waals surface area contributed by atoms with E-state index in [9.17, 15) is 4.79 Å². The molecule has 2 fully saturated rings. The number of carbonyl (C=O) groups excluding carboxylic acids is 1. The largest absolute Gasteiger partial charge is 0.353 e. The predicted molar refractivity (Wildman–Crippen MR) is 85.7 cm³/mol. The van der Waals surface area contributed by atoms with Crippen molar-refractivity contribution in [2.24, 2.45) is 5.92 Å². The third-order valence-corrected chi connectivity index (χ3v) is 5.27. The van der Waals surface area contributed by atoms with E-state index in [-0.39, 0.29) is 12.1 Å². The number of nitrogens with zero attached hydrogens (tertiary/aromatic N) is 1. The highest BCUT2D eigenvalue weighted by Crippen LogP contribution is 2.42. The summed E-state index contributed by atoms with van der Waals surface area (Å²) < 4.78 is 11.3. The van der Waals surface area contributed by atoms with Crippen molar-refractivity contribution in [1.29, 1.82) is 0 Å². The quantitative estimate of drug-likeness (QED) is 0.756. The first-order valence-corrected chi connectivity index (χ1v) is 8.40. The number of rotatable bonds is 5. The molecule has 0 radical (unpaired) electrons.